The first-order chi connectivity index (χ1) is 6.70. The van der Waals surface area contributed by atoms with Gasteiger partial charge in [0, 0.05) is 0 Å². The summed E-state index contributed by atoms with van der Waals surface area (Å²) >= 11 is 0. The molecule has 0 aliphatic heterocycles. The fraction of sp³-hybridized carbons (Fsp3) is 0.400. The summed E-state index contributed by atoms with van der Waals surface area (Å²) in [7, 11) is 0. The van der Waals surface area contributed by atoms with E-state index in [2.05, 4.69) is 13.2 Å². The maximum atomic E-state index is 10.8. The molecule has 5 heteroatoms. The lowest BCUT2D eigenvalue weighted by Crippen LogP contribution is -2.12. The second-order valence-corrected chi connectivity index (χ2v) is 2.43. The molecular weight excluding hydrogens is 200 g/mol. The molecule has 0 heterocycles. The summed E-state index contributed by atoms with van der Waals surface area (Å²) < 4.78 is 9.40. The summed E-state index contributed by atoms with van der Waals surface area (Å²) in [5.74, 6) is -0.750. The monoisotopic (exact) mass is 216 g/mol. The molecule has 0 aromatic carbocycles. The topological polar surface area (TPSA) is 84.1 Å². The Kier molecular flexibility index (Phi) is 11.0. The van der Waals surface area contributed by atoms with Gasteiger partial charge in [-0.3, -0.25) is 9.59 Å². The zero-order valence-electron chi connectivity index (χ0n) is 8.53. The van der Waals surface area contributed by atoms with Crippen molar-refractivity contribution in [3.63, 3.8) is 0 Å². The lowest BCUT2D eigenvalue weighted by atomic mass is 10.4. The van der Waals surface area contributed by atoms with Crippen LogP contribution in [-0.2, 0) is 19.1 Å². The molecule has 0 amide bonds. The molecule has 0 radical (unpaired) electrons. The van der Waals surface area contributed by atoms with Crippen LogP contribution in [-0.4, -0.2) is 30.6 Å². The summed E-state index contributed by atoms with van der Waals surface area (Å²) in [5, 5.41) is 0. The van der Waals surface area contributed by atoms with Crippen molar-refractivity contribution in [3.8, 4) is 0 Å². The van der Waals surface area contributed by atoms with Crippen molar-refractivity contribution >= 4 is 11.9 Å². The van der Waals surface area contributed by atoms with E-state index in [1.54, 1.807) is 0 Å². The number of hydrogen-bond donors (Lipinski definition) is 0. The van der Waals surface area contributed by atoms with Crippen molar-refractivity contribution in [2.45, 2.75) is 12.8 Å². The minimum atomic E-state index is -0.375. The third kappa shape index (κ3) is 10.3. The number of carbonyl (C=O) groups excluding carboxylic acids is 2. The van der Waals surface area contributed by atoms with E-state index in [0.29, 0.717) is 0 Å². The maximum Gasteiger partial charge on any atom is 0.309 e. The first kappa shape index (κ1) is 15.8. The van der Waals surface area contributed by atoms with Crippen LogP contribution in [0.15, 0.2) is 25.3 Å². The van der Waals surface area contributed by atoms with Crippen LogP contribution >= 0.6 is 0 Å². The summed E-state index contributed by atoms with van der Waals surface area (Å²) in [4.78, 5) is 21.5. The molecule has 0 aliphatic rings. The van der Waals surface area contributed by atoms with Gasteiger partial charge in [-0.1, -0.05) is 12.2 Å². The van der Waals surface area contributed by atoms with E-state index in [9.17, 15) is 9.59 Å². The van der Waals surface area contributed by atoms with E-state index in [1.807, 2.05) is 0 Å². The summed E-state index contributed by atoms with van der Waals surface area (Å²) in [5.41, 5.74) is 0. The highest BCUT2D eigenvalue weighted by atomic mass is 16.6. The Morgan fingerprint density at radius 2 is 1.27 bits per heavy atom. The van der Waals surface area contributed by atoms with Gasteiger partial charge in [-0.2, -0.15) is 0 Å². The number of ether oxygens (including phenoxy) is 2. The Balaban J connectivity index is 0. The average molecular weight is 216 g/mol. The second-order valence-electron chi connectivity index (χ2n) is 2.43. The largest absolute Gasteiger partial charge is 0.462 e. The molecule has 15 heavy (non-hydrogen) atoms. The standard InChI is InChI=1S/C10H14O4.H2O/c1-3-5-9(11)13-7-8-14-10(12)6-4-2;/h3-4H,1-2,5-8H2;1H2. The lowest BCUT2D eigenvalue weighted by molar-refractivity contribution is -0.151. The van der Waals surface area contributed by atoms with E-state index in [1.165, 1.54) is 12.2 Å². The molecule has 0 aromatic heterocycles. The Hall–Kier alpha value is -1.62. The van der Waals surface area contributed by atoms with Gasteiger partial charge in [0.15, 0.2) is 0 Å². The van der Waals surface area contributed by atoms with Gasteiger partial charge in [0.05, 0.1) is 12.8 Å². The number of hydrogen-bond acceptors (Lipinski definition) is 4. The molecule has 0 spiro atoms. The van der Waals surface area contributed by atoms with E-state index < -0.39 is 0 Å². The third-order valence-electron chi connectivity index (χ3n) is 1.23. The fourth-order valence-electron chi connectivity index (χ4n) is 0.665. The van der Waals surface area contributed by atoms with Gasteiger partial charge in [0.2, 0.25) is 0 Å². The van der Waals surface area contributed by atoms with E-state index in [0.717, 1.165) is 0 Å². The van der Waals surface area contributed by atoms with Crippen molar-refractivity contribution in [2.75, 3.05) is 13.2 Å². The van der Waals surface area contributed by atoms with Crippen molar-refractivity contribution in [3.05, 3.63) is 25.3 Å². The van der Waals surface area contributed by atoms with Gasteiger partial charge < -0.3 is 14.9 Å². The number of esters is 2. The zero-order valence-corrected chi connectivity index (χ0v) is 8.53. The van der Waals surface area contributed by atoms with Crippen LogP contribution in [0.5, 0.6) is 0 Å². The van der Waals surface area contributed by atoms with Crippen molar-refractivity contribution in [1.29, 1.82) is 0 Å². The lowest BCUT2D eigenvalue weighted by Gasteiger charge is -2.03. The molecule has 0 fully saturated rings. The quantitative estimate of drug-likeness (QED) is 0.350. The van der Waals surface area contributed by atoms with Crippen molar-refractivity contribution in [2.24, 2.45) is 0 Å². The van der Waals surface area contributed by atoms with E-state index in [-0.39, 0.29) is 43.5 Å². The molecule has 0 bridgehead atoms. The van der Waals surface area contributed by atoms with E-state index in [4.69, 9.17) is 9.47 Å². The highest BCUT2D eigenvalue weighted by molar-refractivity contribution is 5.71. The fourth-order valence-corrected chi connectivity index (χ4v) is 0.665. The molecule has 5 nitrogen and oxygen atoms in total. The highest BCUT2D eigenvalue weighted by Gasteiger charge is 2.01. The molecule has 0 unspecified atom stereocenters. The van der Waals surface area contributed by atoms with Crippen molar-refractivity contribution < 1.29 is 24.5 Å². The second kappa shape index (κ2) is 10.5. The van der Waals surface area contributed by atoms with Gasteiger partial charge in [-0.15, -0.1) is 13.2 Å². The summed E-state index contributed by atoms with van der Waals surface area (Å²) in [6.45, 7) is 6.93. The molecule has 0 saturated heterocycles. The van der Waals surface area contributed by atoms with Crippen LogP contribution in [0.4, 0.5) is 0 Å². The van der Waals surface area contributed by atoms with Crippen LogP contribution in [0.1, 0.15) is 12.8 Å². The number of rotatable bonds is 7. The Bertz CT molecular complexity index is 198. The van der Waals surface area contributed by atoms with Gasteiger partial charge in [0.25, 0.3) is 0 Å². The minimum Gasteiger partial charge on any atom is -0.462 e. The van der Waals surface area contributed by atoms with Crippen molar-refractivity contribution in [1.82, 2.24) is 0 Å². The normalized spacial score (nSPS) is 8.27. The number of carbonyl (C=O) groups is 2. The van der Waals surface area contributed by atoms with Crippen LogP contribution < -0.4 is 0 Å². The smallest absolute Gasteiger partial charge is 0.309 e. The molecule has 0 aromatic rings. The molecule has 2 N–H and O–H groups in total. The Morgan fingerprint density at radius 3 is 1.53 bits per heavy atom. The van der Waals surface area contributed by atoms with Gasteiger partial charge in [-0.25, -0.2) is 0 Å². The highest BCUT2D eigenvalue weighted by Crippen LogP contribution is 1.90. The van der Waals surface area contributed by atoms with Crippen LogP contribution in [0.25, 0.3) is 0 Å². The first-order valence-corrected chi connectivity index (χ1v) is 4.23. The minimum absolute atomic E-state index is 0. The van der Waals surface area contributed by atoms with Gasteiger partial charge >= 0.3 is 11.9 Å². The maximum absolute atomic E-state index is 10.8. The average Bonchev–Trinajstić information content (AvgIpc) is 2.13. The van der Waals surface area contributed by atoms with Gasteiger partial charge in [0.1, 0.15) is 13.2 Å². The summed E-state index contributed by atoms with van der Waals surface area (Å²) in [6.07, 6.45) is 3.24. The summed E-state index contributed by atoms with van der Waals surface area (Å²) in [6, 6.07) is 0. The molecule has 86 valence electrons. The zero-order chi connectivity index (χ0) is 10.8. The third-order valence-corrected chi connectivity index (χ3v) is 1.23. The molecule has 0 saturated carbocycles. The molecule has 0 aliphatic carbocycles. The SMILES string of the molecule is C=CCC(=O)OCCOC(=O)CC=C.O. The first-order valence-electron chi connectivity index (χ1n) is 4.23. The molecule has 0 atom stereocenters. The van der Waals surface area contributed by atoms with Gasteiger partial charge in [-0.05, 0) is 0 Å². The Morgan fingerprint density at radius 1 is 0.933 bits per heavy atom. The predicted octanol–water partition coefficient (Wildman–Crippen LogP) is 0.400. The predicted molar refractivity (Wildman–Crippen MR) is 55.2 cm³/mol. The molecular formula is C10H16O5. The Labute approximate surface area is 88.7 Å². The van der Waals surface area contributed by atoms with Crippen LogP contribution in [0.2, 0.25) is 0 Å². The molecule has 0 rings (SSSR count). The van der Waals surface area contributed by atoms with E-state index >= 15 is 0 Å². The van der Waals surface area contributed by atoms with Crippen LogP contribution in [0, 0.1) is 0 Å². The van der Waals surface area contributed by atoms with Crippen LogP contribution in [0.3, 0.4) is 0 Å².